The SMILES string of the molecule is CC(C)CNC(=O)CCn1ccc2c1CC(C)(C)CC2N. The maximum Gasteiger partial charge on any atom is 0.221 e. The van der Waals surface area contributed by atoms with E-state index < -0.39 is 0 Å². The lowest BCUT2D eigenvalue weighted by Gasteiger charge is -2.34. The van der Waals surface area contributed by atoms with Gasteiger partial charge in [-0.15, -0.1) is 0 Å². The van der Waals surface area contributed by atoms with Crippen molar-refractivity contribution in [2.45, 2.75) is 59.5 Å². The van der Waals surface area contributed by atoms with Crippen LogP contribution in [0.25, 0.3) is 0 Å². The van der Waals surface area contributed by atoms with Crippen molar-refractivity contribution in [3.63, 3.8) is 0 Å². The highest BCUT2D eigenvalue weighted by molar-refractivity contribution is 5.75. The van der Waals surface area contributed by atoms with E-state index in [2.05, 4.69) is 49.8 Å². The van der Waals surface area contributed by atoms with Gasteiger partial charge in [0, 0.05) is 37.4 Å². The van der Waals surface area contributed by atoms with Gasteiger partial charge >= 0.3 is 0 Å². The summed E-state index contributed by atoms with van der Waals surface area (Å²) >= 11 is 0. The van der Waals surface area contributed by atoms with Gasteiger partial charge < -0.3 is 15.6 Å². The molecule has 1 aromatic heterocycles. The van der Waals surface area contributed by atoms with Crippen LogP contribution in [0.5, 0.6) is 0 Å². The lowest BCUT2D eigenvalue weighted by molar-refractivity contribution is -0.121. The Hall–Kier alpha value is -1.29. The van der Waals surface area contributed by atoms with Crippen LogP contribution in [-0.2, 0) is 17.8 Å². The summed E-state index contributed by atoms with van der Waals surface area (Å²) in [6.07, 6.45) is 4.68. The number of carbonyl (C=O) groups excluding carboxylic acids is 1. The maximum absolute atomic E-state index is 11.9. The minimum atomic E-state index is 0.125. The normalized spacial score (nSPS) is 20.4. The summed E-state index contributed by atoms with van der Waals surface area (Å²) in [6, 6.07) is 2.25. The third-order valence-corrected chi connectivity index (χ3v) is 4.22. The minimum Gasteiger partial charge on any atom is -0.356 e. The average Bonchev–Trinajstić information content (AvgIpc) is 2.75. The van der Waals surface area contributed by atoms with Crippen LogP contribution < -0.4 is 11.1 Å². The van der Waals surface area contributed by atoms with Crippen LogP contribution in [0.3, 0.4) is 0 Å². The molecule has 3 N–H and O–H groups in total. The summed E-state index contributed by atoms with van der Waals surface area (Å²) in [5, 5.41) is 2.97. The Morgan fingerprint density at radius 1 is 1.52 bits per heavy atom. The predicted molar refractivity (Wildman–Crippen MR) is 85.9 cm³/mol. The van der Waals surface area contributed by atoms with E-state index in [0.29, 0.717) is 12.3 Å². The Morgan fingerprint density at radius 2 is 2.24 bits per heavy atom. The monoisotopic (exact) mass is 291 g/mol. The Balaban J connectivity index is 1.98. The second kappa shape index (κ2) is 6.22. The zero-order chi connectivity index (χ0) is 15.6. The van der Waals surface area contributed by atoms with Crippen LogP contribution in [0, 0.1) is 11.3 Å². The number of nitrogens with zero attached hydrogens (tertiary/aromatic N) is 1. The zero-order valence-electron chi connectivity index (χ0n) is 13.8. The van der Waals surface area contributed by atoms with Gasteiger partial charge in [0.25, 0.3) is 0 Å². The van der Waals surface area contributed by atoms with Gasteiger partial charge in [-0.3, -0.25) is 4.79 Å². The molecule has 4 nitrogen and oxygen atoms in total. The summed E-state index contributed by atoms with van der Waals surface area (Å²) in [5.41, 5.74) is 9.09. The Bertz CT molecular complexity index is 502. The summed E-state index contributed by atoms with van der Waals surface area (Å²) in [6.45, 7) is 10.2. The molecule has 0 bridgehead atoms. The van der Waals surface area contributed by atoms with Gasteiger partial charge in [-0.1, -0.05) is 27.7 Å². The molecule has 0 fully saturated rings. The first-order chi connectivity index (χ1) is 9.78. The van der Waals surface area contributed by atoms with E-state index in [1.165, 1.54) is 11.3 Å². The minimum absolute atomic E-state index is 0.125. The molecule has 118 valence electrons. The highest BCUT2D eigenvalue weighted by atomic mass is 16.1. The van der Waals surface area contributed by atoms with E-state index in [0.717, 1.165) is 25.9 Å². The molecule has 0 saturated carbocycles. The van der Waals surface area contributed by atoms with Crippen LogP contribution >= 0.6 is 0 Å². The quantitative estimate of drug-likeness (QED) is 0.876. The van der Waals surface area contributed by atoms with Crippen LogP contribution in [0.4, 0.5) is 0 Å². The number of aryl methyl sites for hydroxylation is 1. The molecular weight excluding hydrogens is 262 g/mol. The lowest BCUT2D eigenvalue weighted by Crippen LogP contribution is -2.31. The van der Waals surface area contributed by atoms with Crippen molar-refractivity contribution in [1.82, 2.24) is 9.88 Å². The van der Waals surface area contributed by atoms with Crippen molar-refractivity contribution in [3.8, 4) is 0 Å². The average molecular weight is 291 g/mol. The first kappa shape index (κ1) is 16.1. The smallest absolute Gasteiger partial charge is 0.221 e. The largest absolute Gasteiger partial charge is 0.356 e. The van der Waals surface area contributed by atoms with Crippen molar-refractivity contribution in [2.75, 3.05) is 6.54 Å². The molecular formula is C17H29N3O. The van der Waals surface area contributed by atoms with E-state index >= 15 is 0 Å². The van der Waals surface area contributed by atoms with E-state index in [-0.39, 0.29) is 17.4 Å². The molecule has 0 aromatic carbocycles. The molecule has 1 aliphatic carbocycles. The third-order valence-electron chi connectivity index (χ3n) is 4.22. The van der Waals surface area contributed by atoms with Crippen LogP contribution in [0.2, 0.25) is 0 Å². The first-order valence-corrected chi connectivity index (χ1v) is 7.99. The van der Waals surface area contributed by atoms with Gasteiger partial charge in [0.1, 0.15) is 0 Å². The molecule has 0 aliphatic heterocycles. The lowest BCUT2D eigenvalue weighted by atomic mass is 9.74. The Kier molecular flexibility index (Phi) is 4.77. The van der Waals surface area contributed by atoms with Crippen molar-refractivity contribution in [3.05, 3.63) is 23.5 Å². The van der Waals surface area contributed by atoms with E-state index in [9.17, 15) is 4.79 Å². The standard InChI is InChI=1S/C17H29N3O/c1-12(2)11-19-16(21)6-8-20-7-5-13-14(18)9-17(3,4)10-15(13)20/h5,7,12,14H,6,8-11,18H2,1-4H3,(H,19,21). The van der Waals surface area contributed by atoms with Crippen molar-refractivity contribution in [2.24, 2.45) is 17.1 Å². The molecule has 1 atom stereocenters. The highest BCUT2D eigenvalue weighted by Crippen LogP contribution is 2.39. The fraction of sp³-hybridized carbons (Fsp3) is 0.706. The van der Waals surface area contributed by atoms with Crippen molar-refractivity contribution in [1.29, 1.82) is 0 Å². The third kappa shape index (κ3) is 4.10. The predicted octanol–water partition coefficient (Wildman–Crippen LogP) is 2.62. The van der Waals surface area contributed by atoms with Gasteiger partial charge in [0.05, 0.1) is 0 Å². The molecule has 1 heterocycles. The molecule has 0 saturated heterocycles. The molecule has 1 aliphatic rings. The van der Waals surface area contributed by atoms with Crippen molar-refractivity contribution >= 4 is 5.91 Å². The van der Waals surface area contributed by atoms with Crippen LogP contribution in [0.1, 0.15) is 57.8 Å². The van der Waals surface area contributed by atoms with E-state index in [1.807, 2.05) is 0 Å². The van der Waals surface area contributed by atoms with Crippen LogP contribution in [-0.4, -0.2) is 17.0 Å². The fourth-order valence-electron chi connectivity index (χ4n) is 3.13. The van der Waals surface area contributed by atoms with Crippen molar-refractivity contribution < 1.29 is 4.79 Å². The van der Waals surface area contributed by atoms with E-state index in [4.69, 9.17) is 5.73 Å². The second-order valence-electron chi connectivity index (χ2n) is 7.51. The van der Waals surface area contributed by atoms with Gasteiger partial charge in [0.2, 0.25) is 5.91 Å². The number of rotatable bonds is 5. The second-order valence-corrected chi connectivity index (χ2v) is 7.51. The molecule has 1 unspecified atom stereocenters. The zero-order valence-corrected chi connectivity index (χ0v) is 13.8. The summed E-state index contributed by atoms with van der Waals surface area (Å²) in [4.78, 5) is 11.9. The number of carbonyl (C=O) groups is 1. The molecule has 1 amide bonds. The molecule has 4 heteroatoms. The van der Waals surface area contributed by atoms with Gasteiger partial charge in [-0.25, -0.2) is 0 Å². The Labute approximate surface area is 128 Å². The summed E-state index contributed by atoms with van der Waals surface area (Å²) in [7, 11) is 0. The summed E-state index contributed by atoms with van der Waals surface area (Å²) < 4.78 is 2.21. The number of amides is 1. The fourth-order valence-corrected chi connectivity index (χ4v) is 3.13. The molecule has 0 spiro atoms. The Morgan fingerprint density at radius 3 is 2.90 bits per heavy atom. The van der Waals surface area contributed by atoms with Crippen LogP contribution in [0.15, 0.2) is 12.3 Å². The van der Waals surface area contributed by atoms with Gasteiger partial charge in [-0.05, 0) is 35.8 Å². The number of nitrogens with one attached hydrogen (secondary N) is 1. The van der Waals surface area contributed by atoms with E-state index in [1.54, 1.807) is 0 Å². The molecule has 1 aromatic rings. The number of hydrogen-bond acceptors (Lipinski definition) is 2. The number of fused-ring (bicyclic) bond motifs is 1. The molecule has 21 heavy (non-hydrogen) atoms. The summed E-state index contributed by atoms with van der Waals surface area (Å²) in [5.74, 6) is 0.623. The molecule has 2 rings (SSSR count). The number of nitrogens with two attached hydrogens (primary N) is 1. The van der Waals surface area contributed by atoms with Gasteiger partial charge in [0.15, 0.2) is 0 Å². The number of hydrogen-bond donors (Lipinski definition) is 2. The highest BCUT2D eigenvalue weighted by Gasteiger charge is 2.32. The molecule has 0 radical (unpaired) electrons. The first-order valence-electron chi connectivity index (χ1n) is 7.99. The number of aromatic nitrogens is 1. The topological polar surface area (TPSA) is 60.0 Å². The van der Waals surface area contributed by atoms with Gasteiger partial charge in [-0.2, -0.15) is 0 Å². The maximum atomic E-state index is 11.9.